The molecule has 0 saturated carbocycles. The molecule has 108 heavy (non-hydrogen) atoms. The molecule has 8 N–H and O–H groups in total. The van der Waals surface area contributed by atoms with Crippen molar-refractivity contribution >= 4 is 122 Å². The van der Waals surface area contributed by atoms with Crippen LogP contribution in [-0.2, 0) is 75.5 Å². The summed E-state index contributed by atoms with van der Waals surface area (Å²) in [6, 6.07) is 16.9. The van der Waals surface area contributed by atoms with Crippen molar-refractivity contribution in [2.75, 3.05) is 92.2 Å². The number of carbonyl (C=O) groups is 12. The first kappa shape index (κ1) is 78.7. The largest absolute Gasteiger partial charge is 0.493 e. The average Bonchev–Trinajstić information content (AvgIpc) is 1.59. The predicted molar refractivity (Wildman–Crippen MR) is 396 cm³/mol. The number of hydrogen-bond donors (Lipinski definition) is 8. The smallest absolute Gasteiger partial charge is 0.416 e. The van der Waals surface area contributed by atoms with Crippen molar-refractivity contribution in [3.8, 4) is 11.5 Å². The van der Waals surface area contributed by atoms with Crippen molar-refractivity contribution < 1.29 is 86.3 Å². The summed E-state index contributed by atoms with van der Waals surface area (Å²) in [6.45, 7) is 9.39. The van der Waals surface area contributed by atoms with Gasteiger partial charge in [-0.2, -0.15) is 0 Å². The third-order valence-corrected chi connectivity index (χ3v) is 18.6. The molecule has 4 aromatic heterocycles. The van der Waals surface area contributed by atoms with E-state index in [1.165, 1.54) is 52.5 Å². The summed E-state index contributed by atoms with van der Waals surface area (Å²) in [7, 11) is 6.28. The molecule has 3 aromatic carbocycles. The molecule has 0 spiro atoms. The van der Waals surface area contributed by atoms with E-state index in [-0.39, 0.29) is 155 Å². The maximum atomic E-state index is 14.3. The van der Waals surface area contributed by atoms with Gasteiger partial charge in [0.15, 0.2) is 23.5 Å². The Labute approximate surface area is 624 Å². The second kappa shape index (κ2) is 35.5. The number of nitrogens with zero attached hydrogens (tertiary/aromatic N) is 8. The van der Waals surface area contributed by atoms with Gasteiger partial charge in [0.25, 0.3) is 35.4 Å². The van der Waals surface area contributed by atoms with E-state index in [2.05, 4.69) is 48.8 Å². The number of nitrogens with one attached hydrogen (secondary N) is 7. The zero-order valence-electron chi connectivity index (χ0n) is 60.8. The van der Waals surface area contributed by atoms with Gasteiger partial charge in [-0.05, 0) is 92.1 Å². The number of carbonyl (C=O) groups excluding carboxylic acids is 12. The number of imide groups is 1. The average molecular weight is 1500 g/mol. The van der Waals surface area contributed by atoms with Crippen LogP contribution in [0.4, 0.5) is 33.4 Å². The van der Waals surface area contributed by atoms with E-state index in [0.717, 1.165) is 37.8 Å². The van der Waals surface area contributed by atoms with Gasteiger partial charge in [-0.3, -0.25) is 62.2 Å². The number of amides is 11. The number of fused-ring (bicyclic) bond motifs is 3. The molecule has 0 bridgehead atoms. The maximum Gasteiger partial charge on any atom is 0.416 e. The molecular formula is C74H85N15O18S. The number of imidazole rings is 1. The van der Waals surface area contributed by atoms with Crippen molar-refractivity contribution in [3.63, 3.8) is 0 Å². The molecule has 10 rings (SSSR count). The van der Waals surface area contributed by atoms with E-state index >= 15 is 0 Å². The summed E-state index contributed by atoms with van der Waals surface area (Å²) in [5, 5.41) is 31.9. The van der Waals surface area contributed by atoms with Crippen LogP contribution in [0.2, 0.25) is 0 Å². The van der Waals surface area contributed by atoms with E-state index in [1.54, 1.807) is 105 Å². The maximum absolute atomic E-state index is 14.3. The first-order valence-corrected chi connectivity index (χ1v) is 35.8. The van der Waals surface area contributed by atoms with Crippen LogP contribution in [0.25, 0.3) is 10.9 Å². The van der Waals surface area contributed by atoms with Crippen LogP contribution in [0.3, 0.4) is 0 Å². The van der Waals surface area contributed by atoms with Crippen molar-refractivity contribution in [1.82, 2.24) is 49.0 Å². The number of aliphatic hydroxyl groups excluding tert-OH is 1. The van der Waals surface area contributed by atoms with E-state index in [9.17, 15) is 62.6 Å². The van der Waals surface area contributed by atoms with E-state index in [1.807, 2.05) is 30.5 Å². The van der Waals surface area contributed by atoms with Crippen molar-refractivity contribution in [1.29, 1.82) is 0 Å². The van der Waals surface area contributed by atoms with Crippen molar-refractivity contribution in [2.45, 2.75) is 88.7 Å². The Balaban J connectivity index is 0.664. The Morgan fingerprint density at radius 2 is 1.39 bits per heavy atom. The molecule has 0 unspecified atom stereocenters. The van der Waals surface area contributed by atoms with Gasteiger partial charge in [-0.1, -0.05) is 38.1 Å². The third kappa shape index (κ3) is 19.2. The van der Waals surface area contributed by atoms with Gasteiger partial charge in [0.05, 0.1) is 74.3 Å². The van der Waals surface area contributed by atoms with Gasteiger partial charge in [0.1, 0.15) is 30.1 Å². The zero-order valence-corrected chi connectivity index (χ0v) is 61.6. The van der Waals surface area contributed by atoms with Crippen LogP contribution >= 0.6 is 11.8 Å². The number of benzene rings is 3. The number of methoxy groups -OCH3 is 1. The lowest BCUT2D eigenvalue weighted by atomic mass is 10.0. The van der Waals surface area contributed by atoms with Crippen LogP contribution in [0, 0.1) is 5.92 Å². The number of hydrogen-bond acceptors (Lipinski definition) is 20. The highest BCUT2D eigenvalue weighted by atomic mass is 32.2. The van der Waals surface area contributed by atoms with Gasteiger partial charge in [-0.15, -0.1) is 11.8 Å². The molecule has 3 aliphatic rings. The van der Waals surface area contributed by atoms with Crippen LogP contribution in [-0.4, -0.2) is 200 Å². The fourth-order valence-corrected chi connectivity index (χ4v) is 12.6. The number of rotatable bonds is 33. The van der Waals surface area contributed by atoms with Crippen molar-refractivity contribution in [2.24, 2.45) is 27.1 Å². The second-order valence-electron chi connectivity index (χ2n) is 26.1. The Bertz CT molecular complexity index is 4650. The molecule has 0 radical (unpaired) electrons. The normalized spacial score (nSPS) is 15.1. The lowest BCUT2D eigenvalue weighted by molar-refractivity contribution is -0.137. The summed E-state index contributed by atoms with van der Waals surface area (Å²) < 4.78 is 34.6. The fraction of sp³-hybridized carbons (Fsp3) is 0.365. The first-order valence-electron chi connectivity index (χ1n) is 34.6. The Morgan fingerprint density at radius 3 is 2.09 bits per heavy atom. The van der Waals surface area contributed by atoms with Gasteiger partial charge >= 0.3 is 6.09 Å². The van der Waals surface area contributed by atoms with Crippen LogP contribution in [0.1, 0.15) is 100 Å². The Kier molecular flexibility index (Phi) is 25.9. The minimum absolute atomic E-state index is 0.00539. The predicted octanol–water partition coefficient (Wildman–Crippen LogP) is 5.46. The summed E-state index contributed by atoms with van der Waals surface area (Å²) in [5.74, 6) is -5.46. The van der Waals surface area contributed by atoms with Gasteiger partial charge in [0, 0.05) is 119 Å². The SMILES string of the molecule is C=C1C[C@H]2[C@H](O)N(C(=O)OCc3ccc(NC(=O)[C@H](C)NC(=O)[C@@H](NC(=O)CCOCCOCCNC(=O)CCN4C(=O)C=CC4=O)C(C)C)cc3)c3cc(OCCCC(=O)Nc4cn(C)c(C(=O)Nc5cc(C(=O)Nc6cc(C(=O)n7ccc8cc(SC)ccc87)n(C)c6)n(C)c5)n4)c(OC)cc3C(=O)N2C1. The minimum Gasteiger partial charge on any atom is -0.493 e. The number of ether oxygens (including phenoxy) is 5. The number of anilines is 5. The zero-order chi connectivity index (χ0) is 77.6. The lowest BCUT2D eigenvalue weighted by Crippen LogP contribution is -2.53. The van der Waals surface area contributed by atoms with Crippen molar-refractivity contribution in [3.05, 3.63) is 150 Å². The highest BCUT2D eigenvalue weighted by molar-refractivity contribution is 7.98. The summed E-state index contributed by atoms with van der Waals surface area (Å²) >= 11 is 1.61. The van der Waals surface area contributed by atoms with E-state index in [4.69, 9.17) is 23.7 Å². The molecule has 1 saturated heterocycles. The topological polar surface area (TPSA) is 398 Å². The highest BCUT2D eigenvalue weighted by Crippen LogP contribution is 2.42. The Morgan fingerprint density at radius 1 is 0.694 bits per heavy atom. The lowest BCUT2D eigenvalue weighted by Gasteiger charge is -2.31. The summed E-state index contributed by atoms with van der Waals surface area (Å²) in [5.41, 5.74) is 3.36. The minimum atomic E-state index is -1.62. The molecule has 11 amide bonds. The standard InChI is InChI=1S/C74H85N15O18S/c1-42(2)65(82-62(92)22-27-104-29-30-105-28-23-75-60(90)21-25-87-63(93)18-19-64(87)94)69(97)76-44(4)67(95)77-47-14-12-45(13-15-47)41-107-74(102)89-53-36-58(57(103-8)35-51(53)71(99)88-37-43(3)31-56(88)73(89)101)106-26-10-11-61(91)80-59-40-85(7)66(81-59)70(98)79-48-33-54(83(5)38-48)68(96)78-49-34-55(84(6)39-49)72(100)86-24-20-46-32-50(108-9)16-17-52(46)86/h12-20,24,32-36,38-40,42,44,56,65,73,101H,3,10-11,21-23,25-31,37,41H2,1-2,4-9H3,(H,75,90)(H,76,97)(H,77,95)(H,78,96)(H,79,98)(H,80,91)(H,82,92)/t44-,56-,65-,73-/m0/s1. The highest BCUT2D eigenvalue weighted by Gasteiger charge is 2.46. The first-order chi connectivity index (χ1) is 51.7. The summed E-state index contributed by atoms with van der Waals surface area (Å²) in [4.78, 5) is 166. The van der Waals surface area contributed by atoms with Crippen LogP contribution in [0.5, 0.6) is 11.5 Å². The number of aliphatic hydroxyl groups is 1. The second-order valence-corrected chi connectivity index (χ2v) is 27.0. The van der Waals surface area contributed by atoms with E-state index < -0.39 is 83.6 Å². The number of aryl methyl sites for hydroxylation is 3. The third-order valence-electron chi connectivity index (χ3n) is 17.9. The van der Waals surface area contributed by atoms with Gasteiger partial charge in [0.2, 0.25) is 35.4 Å². The quantitative estimate of drug-likeness (QED) is 0.0110. The molecule has 570 valence electrons. The molecule has 7 heterocycles. The molecule has 4 atom stereocenters. The van der Waals surface area contributed by atoms with Crippen LogP contribution in [0.15, 0.2) is 127 Å². The number of aromatic nitrogens is 5. The monoisotopic (exact) mass is 1500 g/mol. The Hall–Kier alpha value is -11.9. The fourth-order valence-electron chi connectivity index (χ4n) is 12.2. The number of thioether (sulfide) groups is 1. The van der Waals surface area contributed by atoms with Gasteiger partial charge < -0.3 is 84.6 Å². The molecule has 7 aromatic rings. The van der Waals surface area contributed by atoms with Crippen LogP contribution < -0.4 is 51.6 Å². The molecule has 0 aliphatic carbocycles. The molecular weight excluding hydrogens is 1420 g/mol. The molecule has 34 heteroatoms. The molecule has 3 aliphatic heterocycles. The molecule has 1 fully saturated rings. The summed E-state index contributed by atoms with van der Waals surface area (Å²) in [6.07, 6.45) is 8.11. The molecule has 33 nitrogen and oxygen atoms in total. The van der Waals surface area contributed by atoms with E-state index in [0.29, 0.717) is 28.2 Å². The van der Waals surface area contributed by atoms with Gasteiger partial charge in [-0.25, -0.2) is 14.7 Å².